The highest BCUT2D eigenvalue weighted by molar-refractivity contribution is 7.99. The summed E-state index contributed by atoms with van der Waals surface area (Å²) in [6, 6.07) is 14.1. The summed E-state index contributed by atoms with van der Waals surface area (Å²) in [5.41, 5.74) is 2.26. The lowest BCUT2D eigenvalue weighted by atomic mass is 10.2. The Labute approximate surface area is 170 Å². The van der Waals surface area contributed by atoms with E-state index in [9.17, 15) is 18.7 Å². The second kappa shape index (κ2) is 8.28. The van der Waals surface area contributed by atoms with Crippen molar-refractivity contribution in [2.45, 2.75) is 17.5 Å². The van der Waals surface area contributed by atoms with Crippen molar-refractivity contribution in [2.24, 2.45) is 0 Å². The minimum atomic E-state index is -2.60. The van der Waals surface area contributed by atoms with Crippen LogP contribution in [0.1, 0.15) is 0 Å². The number of amides is 1. The van der Waals surface area contributed by atoms with E-state index in [1.165, 1.54) is 0 Å². The maximum Gasteiger partial charge on any atom is 0.291 e. The highest BCUT2D eigenvalue weighted by Gasteiger charge is 2.24. The van der Waals surface area contributed by atoms with Crippen molar-refractivity contribution in [1.82, 2.24) is 14.5 Å². The van der Waals surface area contributed by atoms with Gasteiger partial charge in [-0.15, -0.1) is 0 Å². The van der Waals surface area contributed by atoms with E-state index >= 15 is 0 Å². The summed E-state index contributed by atoms with van der Waals surface area (Å²) in [7, 11) is 0. The van der Waals surface area contributed by atoms with Crippen LogP contribution in [-0.4, -0.2) is 57.4 Å². The smallest absolute Gasteiger partial charge is 0.291 e. The lowest BCUT2D eigenvalue weighted by Gasteiger charge is -2.36. The average Bonchev–Trinajstić information content (AvgIpc) is 3.05. The summed E-state index contributed by atoms with van der Waals surface area (Å²) < 4.78 is 27.5. The molecule has 4 rings (SSSR count). The van der Waals surface area contributed by atoms with E-state index in [0.717, 1.165) is 5.69 Å². The predicted octanol–water partition coefficient (Wildman–Crippen LogP) is 3.41. The maximum atomic E-state index is 12.9. The van der Waals surface area contributed by atoms with Gasteiger partial charge in [-0.3, -0.25) is 4.79 Å². The van der Waals surface area contributed by atoms with Crippen LogP contribution >= 0.6 is 11.8 Å². The molecule has 3 aromatic rings. The molecule has 152 valence electrons. The van der Waals surface area contributed by atoms with E-state index in [-0.39, 0.29) is 23.4 Å². The lowest BCUT2D eigenvalue weighted by Crippen LogP contribution is -2.49. The number of benzene rings is 2. The Morgan fingerprint density at radius 3 is 2.45 bits per heavy atom. The molecule has 0 bridgehead atoms. The van der Waals surface area contributed by atoms with Crippen LogP contribution in [0.15, 0.2) is 53.7 Å². The van der Waals surface area contributed by atoms with Gasteiger partial charge in [0.25, 0.3) is 5.76 Å². The molecule has 0 aliphatic carbocycles. The Hall–Kier alpha value is -2.81. The van der Waals surface area contributed by atoms with Gasteiger partial charge in [-0.05, 0) is 48.2 Å². The molecule has 2 aromatic carbocycles. The molecule has 6 nitrogen and oxygen atoms in total. The number of aromatic nitrogens is 2. The number of phenols is 1. The summed E-state index contributed by atoms with van der Waals surface area (Å²) in [5.74, 6) is -2.50. The first-order chi connectivity index (χ1) is 14.0. The van der Waals surface area contributed by atoms with E-state index < -0.39 is 5.76 Å². The Balaban J connectivity index is 1.45. The first-order valence-corrected chi connectivity index (χ1v) is 10.1. The van der Waals surface area contributed by atoms with Crippen LogP contribution in [0.5, 0.6) is 5.75 Å². The molecular formula is C20H20F2N4O2S. The second-order valence-electron chi connectivity index (χ2n) is 6.73. The van der Waals surface area contributed by atoms with Crippen molar-refractivity contribution >= 4 is 34.4 Å². The van der Waals surface area contributed by atoms with Gasteiger partial charge in [0, 0.05) is 31.9 Å². The largest absolute Gasteiger partial charge is 0.508 e. The van der Waals surface area contributed by atoms with Crippen LogP contribution in [0, 0.1) is 0 Å². The average molecular weight is 418 g/mol. The molecule has 0 saturated carbocycles. The van der Waals surface area contributed by atoms with Crippen molar-refractivity contribution in [1.29, 1.82) is 0 Å². The predicted molar refractivity (Wildman–Crippen MR) is 108 cm³/mol. The summed E-state index contributed by atoms with van der Waals surface area (Å²) in [5, 5.41) is 9.57. The quantitative estimate of drug-likeness (QED) is 0.644. The molecule has 1 fully saturated rings. The molecule has 9 heteroatoms. The number of carbonyl (C=O) groups is 1. The number of anilines is 1. The number of halogens is 2. The number of thioether (sulfide) groups is 1. The van der Waals surface area contributed by atoms with Gasteiger partial charge in [-0.25, -0.2) is 4.98 Å². The van der Waals surface area contributed by atoms with Crippen LogP contribution < -0.4 is 4.90 Å². The fourth-order valence-electron chi connectivity index (χ4n) is 3.49. The molecule has 1 saturated heterocycles. The topological polar surface area (TPSA) is 61.6 Å². The number of piperazine rings is 1. The van der Waals surface area contributed by atoms with Crippen LogP contribution in [0.4, 0.5) is 14.5 Å². The van der Waals surface area contributed by atoms with E-state index in [0.29, 0.717) is 49.0 Å². The zero-order valence-corrected chi connectivity index (χ0v) is 16.4. The van der Waals surface area contributed by atoms with Gasteiger partial charge >= 0.3 is 0 Å². The van der Waals surface area contributed by atoms with Crippen molar-refractivity contribution in [3.63, 3.8) is 0 Å². The number of carbonyl (C=O) groups excluding carboxylic acids is 1. The van der Waals surface area contributed by atoms with Gasteiger partial charge in [0.2, 0.25) is 5.91 Å². The molecule has 29 heavy (non-hydrogen) atoms. The molecule has 1 aliphatic rings. The third-order valence-corrected chi connectivity index (χ3v) is 5.66. The molecule has 2 heterocycles. The first kappa shape index (κ1) is 19.5. The summed E-state index contributed by atoms with van der Waals surface area (Å²) in [6.45, 7) is 2.40. The number of alkyl halides is 2. The minimum Gasteiger partial charge on any atom is -0.508 e. The maximum absolute atomic E-state index is 12.9. The lowest BCUT2D eigenvalue weighted by molar-refractivity contribution is -0.132. The Bertz CT molecular complexity index is 1000. The van der Waals surface area contributed by atoms with Crippen molar-refractivity contribution < 1.29 is 18.7 Å². The fourth-order valence-corrected chi connectivity index (χ4v) is 4.09. The summed E-state index contributed by atoms with van der Waals surface area (Å²) in [6.07, 6.45) is 0. The number of fused-ring (bicyclic) bond motifs is 1. The number of nitrogens with zero attached hydrogens (tertiary/aromatic N) is 4. The standard InChI is InChI=1S/C20H20F2N4O2S/c21-19(22)29-20-23-16-3-1-2-4-17(16)26(20)13-18(28)25-11-9-24(10-12-25)14-5-7-15(27)8-6-14/h1-8,19,27H,9-13H2. The monoisotopic (exact) mass is 418 g/mol. The molecule has 0 spiro atoms. The minimum absolute atomic E-state index is 0.0191. The van der Waals surface area contributed by atoms with Gasteiger partial charge in [-0.1, -0.05) is 12.1 Å². The van der Waals surface area contributed by atoms with E-state index in [4.69, 9.17) is 0 Å². The zero-order valence-electron chi connectivity index (χ0n) is 15.5. The van der Waals surface area contributed by atoms with Gasteiger partial charge < -0.3 is 19.5 Å². The molecule has 0 atom stereocenters. The molecule has 1 aliphatic heterocycles. The number of hydrogen-bond acceptors (Lipinski definition) is 5. The Morgan fingerprint density at radius 2 is 1.76 bits per heavy atom. The highest BCUT2D eigenvalue weighted by Crippen LogP contribution is 2.28. The van der Waals surface area contributed by atoms with Gasteiger partial charge in [0.1, 0.15) is 12.3 Å². The number of imidazole rings is 1. The summed E-state index contributed by atoms with van der Waals surface area (Å²) in [4.78, 5) is 21.0. The molecular weight excluding hydrogens is 398 g/mol. The van der Waals surface area contributed by atoms with Crippen LogP contribution in [0.3, 0.4) is 0 Å². The number of para-hydroxylation sites is 2. The van der Waals surface area contributed by atoms with Gasteiger partial charge in [0.05, 0.1) is 11.0 Å². The van der Waals surface area contributed by atoms with Crippen LogP contribution in [0.2, 0.25) is 0 Å². The number of hydrogen-bond donors (Lipinski definition) is 1. The van der Waals surface area contributed by atoms with Crippen molar-refractivity contribution in [3.8, 4) is 5.75 Å². The molecule has 0 radical (unpaired) electrons. The third kappa shape index (κ3) is 4.29. The second-order valence-corrected chi connectivity index (χ2v) is 7.69. The van der Waals surface area contributed by atoms with Crippen molar-refractivity contribution in [3.05, 3.63) is 48.5 Å². The van der Waals surface area contributed by atoms with E-state index in [1.807, 2.05) is 12.1 Å². The highest BCUT2D eigenvalue weighted by atomic mass is 32.2. The van der Waals surface area contributed by atoms with Gasteiger partial charge in [0.15, 0.2) is 5.16 Å². The van der Waals surface area contributed by atoms with Gasteiger partial charge in [-0.2, -0.15) is 8.78 Å². The van der Waals surface area contributed by atoms with Crippen molar-refractivity contribution in [2.75, 3.05) is 31.1 Å². The first-order valence-electron chi connectivity index (χ1n) is 9.23. The zero-order chi connectivity index (χ0) is 20.4. The normalized spacial score (nSPS) is 14.7. The Morgan fingerprint density at radius 1 is 1.07 bits per heavy atom. The molecule has 1 aromatic heterocycles. The third-order valence-electron chi connectivity index (χ3n) is 4.95. The number of aromatic hydroxyl groups is 1. The van der Waals surface area contributed by atoms with Crippen LogP contribution in [-0.2, 0) is 11.3 Å². The Kier molecular flexibility index (Phi) is 5.57. The van der Waals surface area contributed by atoms with E-state index in [2.05, 4.69) is 9.88 Å². The number of phenolic OH excluding ortho intramolecular Hbond substituents is 1. The number of rotatable bonds is 5. The molecule has 0 unspecified atom stereocenters. The van der Waals surface area contributed by atoms with E-state index in [1.54, 1.807) is 45.9 Å². The SMILES string of the molecule is O=C(Cn1c(SC(F)F)nc2ccccc21)N1CCN(c2ccc(O)cc2)CC1. The summed E-state index contributed by atoms with van der Waals surface area (Å²) >= 11 is 0.357. The molecule has 1 N–H and O–H groups in total. The molecule has 1 amide bonds. The fraction of sp³-hybridized carbons (Fsp3) is 0.300. The van der Waals surface area contributed by atoms with Crippen LogP contribution in [0.25, 0.3) is 11.0 Å².